The van der Waals surface area contributed by atoms with Gasteiger partial charge in [0, 0.05) is 13.1 Å². The normalized spacial score (nSPS) is 17.3. The topological polar surface area (TPSA) is 49.4 Å². The molecular weight excluding hydrogens is 332 g/mol. The minimum atomic E-state index is -0.363. The number of aryl methyl sites for hydroxylation is 1. The Labute approximate surface area is 152 Å². The Kier molecular flexibility index (Phi) is 5.87. The van der Waals surface area contributed by atoms with Crippen LogP contribution in [-0.2, 0) is 17.8 Å². The van der Waals surface area contributed by atoms with Gasteiger partial charge in [0.2, 0.25) is 5.91 Å². The van der Waals surface area contributed by atoms with Crippen LogP contribution in [0, 0.1) is 0 Å². The Hall–Kier alpha value is -2.14. The van der Waals surface area contributed by atoms with E-state index in [9.17, 15) is 9.59 Å². The average Bonchev–Trinajstić information content (AvgIpc) is 3.20. The molecule has 0 radical (unpaired) electrons. The van der Waals surface area contributed by atoms with Crippen molar-refractivity contribution < 1.29 is 9.59 Å². The summed E-state index contributed by atoms with van der Waals surface area (Å²) in [6, 6.07) is 11.6. The van der Waals surface area contributed by atoms with Crippen LogP contribution < -0.4 is 5.32 Å². The standard InChI is InChI=1S/C20H24N2O2S/c1-2-15-8-10-16(11-9-15)14-21-19(23)17-6-3-4-12-22(17)20(24)18-7-5-13-25-18/h5,7-11,13,17H,2-4,6,12,14H2,1H3,(H,21,23). The third-order valence-corrected chi connectivity index (χ3v) is 5.55. The molecule has 1 N–H and O–H groups in total. The van der Waals surface area contributed by atoms with Gasteiger partial charge in [0.1, 0.15) is 6.04 Å². The number of nitrogens with one attached hydrogen (secondary N) is 1. The second-order valence-corrected chi connectivity index (χ2v) is 7.32. The van der Waals surface area contributed by atoms with Crippen LogP contribution >= 0.6 is 11.3 Å². The predicted octanol–water partition coefficient (Wildman–Crippen LogP) is 3.62. The molecule has 1 atom stereocenters. The summed E-state index contributed by atoms with van der Waals surface area (Å²) in [5, 5.41) is 4.90. The van der Waals surface area contributed by atoms with E-state index in [4.69, 9.17) is 0 Å². The molecule has 5 heteroatoms. The zero-order chi connectivity index (χ0) is 17.6. The van der Waals surface area contributed by atoms with Gasteiger partial charge in [0.25, 0.3) is 5.91 Å². The molecule has 0 spiro atoms. The number of nitrogens with zero attached hydrogens (tertiary/aromatic N) is 1. The lowest BCUT2D eigenvalue weighted by atomic mass is 10.0. The molecule has 0 aliphatic carbocycles. The second-order valence-electron chi connectivity index (χ2n) is 6.38. The van der Waals surface area contributed by atoms with Gasteiger partial charge in [0.05, 0.1) is 4.88 Å². The fraction of sp³-hybridized carbons (Fsp3) is 0.400. The van der Waals surface area contributed by atoms with Crippen LogP contribution in [0.4, 0.5) is 0 Å². The molecule has 132 valence electrons. The number of piperidine rings is 1. The first-order chi connectivity index (χ1) is 12.2. The fourth-order valence-corrected chi connectivity index (χ4v) is 3.87. The van der Waals surface area contributed by atoms with Crippen LogP contribution in [-0.4, -0.2) is 29.3 Å². The lowest BCUT2D eigenvalue weighted by Crippen LogP contribution is -2.51. The van der Waals surface area contributed by atoms with E-state index in [-0.39, 0.29) is 17.9 Å². The Bertz CT molecular complexity index is 710. The molecule has 1 aromatic heterocycles. The van der Waals surface area contributed by atoms with Crippen molar-refractivity contribution >= 4 is 23.2 Å². The highest BCUT2D eigenvalue weighted by molar-refractivity contribution is 7.12. The third-order valence-electron chi connectivity index (χ3n) is 4.70. The Balaban J connectivity index is 1.63. The van der Waals surface area contributed by atoms with Crippen LogP contribution in [0.1, 0.15) is 47.0 Å². The molecule has 1 unspecified atom stereocenters. The van der Waals surface area contributed by atoms with E-state index in [2.05, 4.69) is 36.5 Å². The van der Waals surface area contributed by atoms with Gasteiger partial charge >= 0.3 is 0 Å². The minimum absolute atomic E-state index is 0.0258. The van der Waals surface area contributed by atoms with E-state index in [1.165, 1.54) is 16.9 Å². The third kappa shape index (κ3) is 4.28. The minimum Gasteiger partial charge on any atom is -0.350 e. The van der Waals surface area contributed by atoms with Gasteiger partial charge in [-0.2, -0.15) is 0 Å². The Morgan fingerprint density at radius 3 is 2.60 bits per heavy atom. The van der Waals surface area contributed by atoms with E-state index in [0.717, 1.165) is 31.2 Å². The van der Waals surface area contributed by atoms with E-state index in [0.29, 0.717) is 18.0 Å². The van der Waals surface area contributed by atoms with Gasteiger partial charge in [-0.05, 0) is 48.3 Å². The number of likely N-dealkylation sites (tertiary alicyclic amines) is 1. The van der Waals surface area contributed by atoms with Crippen LogP contribution in [0.25, 0.3) is 0 Å². The molecular formula is C20H24N2O2S. The number of rotatable bonds is 5. The Morgan fingerprint density at radius 2 is 1.92 bits per heavy atom. The van der Waals surface area contributed by atoms with E-state index >= 15 is 0 Å². The zero-order valence-electron chi connectivity index (χ0n) is 14.5. The molecule has 1 aliphatic rings. The van der Waals surface area contributed by atoms with Crippen molar-refractivity contribution in [2.24, 2.45) is 0 Å². The molecule has 1 aliphatic heterocycles. The van der Waals surface area contributed by atoms with Gasteiger partial charge in [-0.25, -0.2) is 0 Å². The second kappa shape index (κ2) is 8.30. The van der Waals surface area contributed by atoms with E-state index < -0.39 is 0 Å². The lowest BCUT2D eigenvalue weighted by molar-refractivity contribution is -0.126. The summed E-state index contributed by atoms with van der Waals surface area (Å²) in [6.07, 6.45) is 3.68. The first kappa shape index (κ1) is 17.7. The summed E-state index contributed by atoms with van der Waals surface area (Å²) in [5.41, 5.74) is 2.37. The zero-order valence-corrected chi connectivity index (χ0v) is 15.3. The van der Waals surface area contributed by atoms with Crippen LogP contribution in [0.5, 0.6) is 0 Å². The molecule has 2 aromatic rings. The van der Waals surface area contributed by atoms with E-state index in [1.54, 1.807) is 4.90 Å². The van der Waals surface area contributed by atoms with Gasteiger partial charge in [-0.3, -0.25) is 9.59 Å². The molecule has 2 heterocycles. The highest BCUT2D eigenvalue weighted by atomic mass is 32.1. The SMILES string of the molecule is CCc1ccc(CNC(=O)C2CCCCN2C(=O)c2cccs2)cc1. The number of hydrogen-bond acceptors (Lipinski definition) is 3. The van der Waals surface area contributed by atoms with Crippen LogP contribution in [0.2, 0.25) is 0 Å². The molecule has 0 saturated carbocycles. The molecule has 1 saturated heterocycles. The van der Waals surface area contributed by atoms with Crippen molar-refractivity contribution in [3.05, 3.63) is 57.8 Å². The number of carbonyl (C=O) groups is 2. The maximum absolute atomic E-state index is 12.7. The monoisotopic (exact) mass is 356 g/mol. The summed E-state index contributed by atoms with van der Waals surface area (Å²) in [5.74, 6) is -0.0775. The highest BCUT2D eigenvalue weighted by Gasteiger charge is 2.32. The molecule has 0 bridgehead atoms. The largest absolute Gasteiger partial charge is 0.350 e. The molecule has 2 amide bonds. The smallest absolute Gasteiger partial charge is 0.264 e. The summed E-state index contributed by atoms with van der Waals surface area (Å²) in [7, 11) is 0. The van der Waals surface area contributed by atoms with Crippen LogP contribution in [0.15, 0.2) is 41.8 Å². The molecule has 1 aromatic carbocycles. The van der Waals surface area contributed by atoms with Gasteiger partial charge in [0.15, 0.2) is 0 Å². The molecule has 3 rings (SSSR count). The van der Waals surface area contributed by atoms with Crippen molar-refractivity contribution in [1.82, 2.24) is 10.2 Å². The maximum atomic E-state index is 12.7. The lowest BCUT2D eigenvalue weighted by Gasteiger charge is -2.34. The molecule has 25 heavy (non-hydrogen) atoms. The van der Waals surface area contributed by atoms with Crippen molar-refractivity contribution in [2.45, 2.75) is 45.2 Å². The average molecular weight is 356 g/mol. The first-order valence-corrected chi connectivity index (χ1v) is 9.77. The molecule has 4 nitrogen and oxygen atoms in total. The van der Waals surface area contributed by atoms with E-state index in [1.807, 2.05) is 17.5 Å². The summed E-state index contributed by atoms with van der Waals surface area (Å²) < 4.78 is 0. The van der Waals surface area contributed by atoms with Crippen molar-refractivity contribution in [1.29, 1.82) is 0 Å². The number of carbonyl (C=O) groups excluding carboxylic acids is 2. The number of benzene rings is 1. The number of amides is 2. The predicted molar refractivity (Wildman–Crippen MR) is 101 cm³/mol. The van der Waals surface area contributed by atoms with Gasteiger partial charge < -0.3 is 10.2 Å². The summed E-state index contributed by atoms with van der Waals surface area (Å²) in [6.45, 7) is 3.28. The highest BCUT2D eigenvalue weighted by Crippen LogP contribution is 2.22. The number of thiophene rings is 1. The summed E-state index contributed by atoms with van der Waals surface area (Å²) in [4.78, 5) is 27.8. The summed E-state index contributed by atoms with van der Waals surface area (Å²) >= 11 is 1.43. The maximum Gasteiger partial charge on any atom is 0.264 e. The van der Waals surface area contributed by atoms with Crippen LogP contribution in [0.3, 0.4) is 0 Å². The van der Waals surface area contributed by atoms with Crippen molar-refractivity contribution in [3.8, 4) is 0 Å². The Morgan fingerprint density at radius 1 is 1.16 bits per heavy atom. The van der Waals surface area contributed by atoms with Crippen molar-refractivity contribution in [2.75, 3.05) is 6.54 Å². The van der Waals surface area contributed by atoms with Gasteiger partial charge in [-0.1, -0.05) is 37.3 Å². The fourth-order valence-electron chi connectivity index (χ4n) is 3.19. The van der Waals surface area contributed by atoms with Gasteiger partial charge in [-0.15, -0.1) is 11.3 Å². The quantitative estimate of drug-likeness (QED) is 0.889. The number of hydrogen-bond donors (Lipinski definition) is 1. The van der Waals surface area contributed by atoms with Crippen molar-refractivity contribution in [3.63, 3.8) is 0 Å². The first-order valence-electron chi connectivity index (χ1n) is 8.89. The molecule has 1 fully saturated rings.